The minimum atomic E-state index is -0.731. The maximum absolute atomic E-state index is 10.7. The van der Waals surface area contributed by atoms with Gasteiger partial charge in [-0.1, -0.05) is 24.3 Å². The molecule has 0 aromatic heterocycles. The third kappa shape index (κ3) is 1.78. The Morgan fingerprint density at radius 1 is 1.41 bits per heavy atom. The molecule has 1 aliphatic carbocycles. The topological polar surface area (TPSA) is 49.7 Å². The molecule has 3 nitrogen and oxygen atoms in total. The minimum Gasteiger partial charge on any atom is -0.481 e. The second-order valence-electron chi connectivity index (χ2n) is 4.56. The smallest absolute Gasteiger partial charge is 0.303 e. The Bertz CT molecular complexity index is 628. The molecule has 1 aliphatic heterocycles. The molecule has 3 heteroatoms. The molecule has 0 fully saturated rings. The summed E-state index contributed by atoms with van der Waals surface area (Å²) < 4.78 is 0. The van der Waals surface area contributed by atoms with E-state index in [4.69, 9.17) is 5.11 Å². The largest absolute Gasteiger partial charge is 0.481 e. The van der Waals surface area contributed by atoms with Gasteiger partial charge in [0.05, 0.1) is 17.5 Å². The van der Waals surface area contributed by atoms with Crippen LogP contribution in [0.3, 0.4) is 0 Å². The SMILES string of the molecule is O=C(O)CC1C=C2N=c3ccccc3=C2CC1. The number of rotatable bonds is 2. The van der Waals surface area contributed by atoms with Gasteiger partial charge < -0.3 is 5.11 Å². The van der Waals surface area contributed by atoms with Gasteiger partial charge in [0.15, 0.2) is 0 Å². The number of nitrogens with zero attached hydrogens (tertiary/aromatic N) is 1. The number of benzene rings is 1. The summed E-state index contributed by atoms with van der Waals surface area (Å²) in [6.45, 7) is 0. The van der Waals surface area contributed by atoms with E-state index < -0.39 is 5.97 Å². The monoisotopic (exact) mass is 227 g/mol. The molecule has 1 aromatic rings. The lowest BCUT2D eigenvalue weighted by molar-refractivity contribution is -0.137. The normalized spacial score (nSPS) is 21.3. The Morgan fingerprint density at radius 3 is 3.06 bits per heavy atom. The van der Waals surface area contributed by atoms with Crippen molar-refractivity contribution in [3.63, 3.8) is 0 Å². The van der Waals surface area contributed by atoms with Crippen LogP contribution in [0.5, 0.6) is 0 Å². The minimum absolute atomic E-state index is 0.129. The van der Waals surface area contributed by atoms with Crippen molar-refractivity contribution >= 4 is 11.5 Å². The van der Waals surface area contributed by atoms with Gasteiger partial charge in [0.2, 0.25) is 0 Å². The van der Waals surface area contributed by atoms with Crippen molar-refractivity contribution < 1.29 is 9.90 Å². The van der Waals surface area contributed by atoms with Crippen molar-refractivity contribution in [3.8, 4) is 0 Å². The molecule has 86 valence electrons. The van der Waals surface area contributed by atoms with Crippen LogP contribution in [0.1, 0.15) is 19.3 Å². The number of carboxylic acids is 1. The Hall–Kier alpha value is -1.90. The van der Waals surface area contributed by atoms with Gasteiger partial charge in [0, 0.05) is 5.22 Å². The van der Waals surface area contributed by atoms with Crippen LogP contribution >= 0.6 is 0 Å². The Balaban J connectivity index is 2.04. The van der Waals surface area contributed by atoms with E-state index in [-0.39, 0.29) is 12.3 Å². The van der Waals surface area contributed by atoms with Gasteiger partial charge in [0.1, 0.15) is 0 Å². The third-order valence-electron chi connectivity index (χ3n) is 3.37. The zero-order valence-corrected chi connectivity index (χ0v) is 9.39. The first-order valence-corrected chi connectivity index (χ1v) is 5.85. The van der Waals surface area contributed by atoms with Gasteiger partial charge in [-0.2, -0.15) is 0 Å². The summed E-state index contributed by atoms with van der Waals surface area (Å²) in [5.41, 5.74) is 2.27. The van der Waals surface area contributed by atoms with Gasteiger partial charge in [0.25, 0.3) is 0 Å². The van der Waals surface area contributed by atoms with Crippen LogP contribution < -0.4 is 10.6 Å². The fourth-order valence-electron chi connectivity index (χ4n) is 2.58. The highest BCUT2D eigenvalue weighted by atomic mass is 16.4. The molecule has 0 amide bonds. The van der Waals surface area contributed by atoms with Crippen LogP contribution in [-0.4, -0.2) is 11.1 Å². The van der Waals surface area contributed by atoms with Gasteiger partial charge in [-0.15, -0.1) is 0 Å². The van der Waals surface area contributed by atoms with Crippen molar-refractivity contribution in [1.82, 2.24) is 0 Å². The predicted octanol–water partition coefficient (Wildman–Crippen LogP) is 1.24. The lowest BCUT2D eigenvalue weighted by Gasteiger charge is -2.18. The summed E-state index contributed by atoms with van der Waals surface area (Å²) in [7, 11) is 0. The van der Waals surface area contributed by atoms with Gasteiger partial charge in [-0.05, 0) is 30.4 Å². The first kappa shape index (κ1) is 10.3. The Labute approximate surface area is 98.8 Å². The summed E-state index contributed by atoms with van der Waals surface area (Å²) in [5, 5.41) is 11.0. The maximum atomic E-state index is 10.7. The fraction of sp³-hybridized carbons (Fsp3) is 0.286. The van der Waals surface area contributed by atoms with Crippen molar-refractivity contribution in [2.24, 2.45) is 10.9 Å². The standard InChI is InChI=1S/C14H13NO2/c16-14(17)8-9-5-6-11-10-3-1-2-4-12(10)15-13(11)7-9/h1-4,7,9H,5-6,8H2,(H,16,17). The predicted molar refractivity (Wildman–Crippen MR) is 63.7 cm³/mol. The zero-order valence-electron chi connectivity index (χ0n) is 9.39. The number of aliphatic carboxylic acids is 1. The molecule has 0 spiro atoms. The summed E-state index contributed by atoms with van der Waals surface area (Å²) >= 11 is 0. The van der Waals surface area contributed by atoms with Crippen molar-refractivity contribution in [2.75, 3.05) is 0 Å². The van der Waals surface area contributed by atoms with Crippen molar-refractivity contribution in [3.05, 3.63) is 46.6 Å². The highest BCUT2D eigenvalue weighted by molar-refractivity contribution is 5.70. The molecule has 3 rings (SSSR count). The van der Waals surface area contributed by atoms with Crippen molar-refractivity contribution in [1.29, 1.82) is 0 Å². The molecule has 0 bridgehead atoms. The van der Waals surface area contributed by atoms with E-state index in [0.29, 0.717) is 0 Å². The van der Waals surface area contributed by atoms with E-state index in [9.17, 15) is 4.79 Å². The van der Waals surface area contributed by atoms with Crippen LogP contribution in [0, 0.1) is 5.92 Å². The molecule has 1 unspecified atom stereocenters. The lowest BCUT2D eigenvalue weighted by atomic mass is 9.88. The number of allylic oxidation sites excluding steroid dienone is 2. The molecular formula is C14H13NO2. The molecule has 0 radical (unpaired) electrons. The van der Waals surface area contributed by atoms with Crippen LogP contribution in [0.2, 0.25) is 0 Å². The van der Waals surface area contributed by atoms with E-state index in [1.807, 2.05) is 24.3 Å². The number of carbonyl (C=O) groups is 1. The molecule has 1 N–H and O–H groups in total. The van der Waals surface area contributed by atoms with Crippen LogP contribution in [0.25, 0.3) is 5.57 Å². The molecule has 1 atom stereocenters. The van der Waals surface area contributed by atoms with E-state index in [0.717, 1.165) is 23.9 Å². The number of para-hydroxylation sites is 1. The Morgan fingerprint density at radius 2 is 2.24 bits per heavy atom. The number of fused-ring (bicyclic) bond motifs is 2. The average Bonchev–Trinajstić information content (AvgIpc) is 2.65. The number of carboxylic acid groups (broad SMARTS) is 1. The number of hydrogen-bond donors (Lipinski definition) is 1. The highest BCUT2D eigenvalue weighted by Gasteiger charge is 2.22. The van der Waals surface area contributed by atoms with Crippen LogP contribution in [0.15, 0.2) is 41.0 Å². The molecule has 0 saturated heterocycles. The first-order valence-electron chi connectivity index (χ1n) is 5.85. The van der Waals surface area contributed by atoms with Crippen LogP contribution in [0.4, 0.5) is 0 Å². The molecule has 0 saturated carbocycles. The fourth-order valence-corrected chi connectivity index (χ4v) is 2.58. The summed E-state index contributed by atoms with van der Waals surface area (Å²) in [6.07, 6.45) is 4.08. The van der Waals surface area contributed by atoms with Gasteiger partial charge in [-0.3, -0.25) is 4.79 Å². The summed E-state index contributed by atoms with van der Waals surface area (Å²) in [4.78, 5) is 15.3. The van der Waals surface area contributed by atoms with E-state index in [1.165, 1.54) is 10.8 Å². The highest BCUT2D eigenvalue weighted by Crippen LogP contribution is 2.31. The molecule has 17 heavy (non-hydrogen) atoms. The zero-order chi connectivity index (χ0) is 11.8. The third-order valence-corrected chi connectivity index (χ3v) is 3.37. The van der Waals surface area contributed by atoms with Crippen LogP contribution in [-0.2, 0) is 4.79 Å². The van der Waals surface area contributed by atoms with E-state index in [2.05, 4.69) is 11.1 Å². The summed E-state index contributed by atoms with van der Waals surface area (Å²) in [6, 6.07) is 8.10. The van der Waals surface area contributed by atoms with Gasteiger partial charge in [-0.25, -0.2) is 4.99 Å². The molecule has 1 aromatic carbocycles. The second-order valence-corrected chi connectivity index (χ2v) is 4.56. The first-order chi connectivity index (χ1) is 8.24. The van der Waals surface area contributed by atoms with Crippen molar-refractivity contribution in [2.45, 2.75) is 19.3 Å². The summed E-state index contributed by atoms with van der Waals surface area (Å²) in [5.74, 6) is -0.602. The molecular weight excluding hydrogens is 214 g/mol. The van der Waals surface area contributed by atoms with E-state index >= 15 is 0 Å². The number of hydrogen-bond acceptors (Lipinski definition) is 2. The second kappa shape index (κ2) is 3.84. The maximum Gasteiger partial charge on any atom is 0.303 e. The average molecular weight is 227 g/mol. The van der Waals surface area contributed by atoms with E-state index in [1.54, 1.807) is 0 Å². The lowest BCUT2D eigenvalue weighted by Crippen LogP contribution is -2.22. The Kier molecular flexibility index (Phi) is 2.32. The van der Waals surface area contributed by atoms with Gasteiger partial charge >= 0.3 is 5.97 Å². The quantitative estimate of drug-likeness (QED) is 0.826. The molecule has 1 heterocycles. The molecule has 2 aliphatic rings.